The first-order valence-electron chi connectivity index (χ1n) is 10.9. The van der Waals surface area contributed by atoms with Crippen LogP contribution in [0.25, 0.3) is 5.69 Å². The minimum absolute atomic E-state index is 0.00643. The number of amides is 1. The van der Waals surface area contributed by atoms with Gasteiger partial charge in [0.1, 0.15) is 31.9 Å². The summed E-state index contributed by atoms with van der Waals surface area (Å²) >= 11 is 0. The Labute approximate surface area is 198 Å². The Morgan fingerprint density at radius 3 is 2.38 bits per heavy atom. The fourth-order valence-corrected chi connectivity index (χ4v) is 4.92. The molecule has 2 aromatic carbocycles. The minimum atomic E-state index is -3.98. The molecule has 2 heterocycles. The van der Waals surface area contributed by atoms with Gasteiger partial charge in [0.15, 0.2) is 11.5 Å². The van der Waals surface area contributed by atoms with Crippen molar-refractivity contribution in [3.8, 4) is 17.2 Å². The highest BCUT2D eigenvalue weighted by molar-refractivity contribution is 7.89. The largest absolute Gasteiger partial charge is 0.486 e. The van der Waals surface area contributed by atoms with Crippen LogP contribution < -0.4 is 19.5 Å². The second-order valence-electron chi connectivity index (χ2n) is 8.31. The van der Waals surface area contributed by atoms with Crippen molar-refractivity contribution in [2.75, 3.05) is 13.2 Å². The van der Waals surface area contributed by atoms with Crippen LogP contribution >= 0.6 is 0 Å². The van der Waals surface area contributed by atoms with Gasteiger partial charge in [-0.3, -0.25) is 4.79 Å². The molecular formula is C23H27N5O5S. The molecule has 0 aliphatic carbocycles. The average molecular weight is 486 g/mol. The number of nitrogens with zero attached hydrogens (tertiary/aromatic N) is 3. The molecule has 0 radical (unpaired) electrons. The maximum atomic E-state index is 13.1. The Hall–Kier alpha value is -3.44. The van der Waals surface area contributed by atoms with Crippen LogP contribution in [-0.4, -0.2) is 48.3 Å². The molecule has 2 N–H and O–H groups in total. The van der Waals surface area contributed by atoms with Crippen LogP contribution in [0.2, 0.25) is 0 Å². The van der Waals surface area contributed by atoms with E-state index in [1.165, 1.54) is 18.5 Å². The van der Waals surface area contributed by atoms with Gasteiger partial charge in [-0.1, -0.05) is 26.0 Å². The van der Waals surface area contributed by atoms with Gasteiger partial charge in [0.2, 0.25) is 15.9 Å². The van der Waals surface area contributed by atoms with Crippen LogP contribution in [0.1, 0.15) is 32.4 Å². The number of nitrogens with one attached hydrogen (secondary N) is 2. The van der Waals surface area contributed by atoms with Crippen molar-refractivity contribution in [2.24, 2.45) is 5.92 Å². The van der Waals surface area contributed by atoms with E-state index in [0.29, 0.717) is 24.7 Å². The molecule has 3 aromatic rings. The molecule has 1 amide bonds. The number of ether oxygens (including phenoxy) is 2. The van der Waals surface area contributed by atoms with Crippen LogP contribution in [0.3, 0.4) is 0 Å². The highest BCUT2D eigenvalue weighted by Crippen LogP contribution is 2.32. The summed E-state index contributed by atoms with van der Waals surface area (Å²) in [6.45, 7) is 6.17. The van der Waals surface area contributed by atoms with Crippen molar-refractivity contribution in [3.63, 3.8) is 0 Å². The molecular weight excluding hydrogens is 458 g/mol. The van der Waals surface area contributed by atoms with Gasteiger partial charge in [-0.15, -0.1) is 0 Å². The predicted octanol–water partition coefficient (Wildman–Crippen LogP) is 2.22. The zero-order chi connectivity index (χ0) is 24.3. The molecule has 0 saturated carbocycles. The van der Waals surface area contributed by atoms with Crippen LogP contribution in [0.4, 0.5) is 0 Å². The molecule has 1 aliphatic heterocycles. The zero-order valence-corrected chi connectivity index (χ0v) is 20.0. The molecule has 1 aliphatic rings. The van der Waals surface area contributed by atoms with E-state index in [1.54, 1.807) is 30.9 Å². The van der Waals surface area contributed by atoms with Gasteiger partial charge >= 0.3 is 0 Å². The van der Waals surface area contributed by atoms with Crippen molar-refractivity contribution in [3.05, 3.63) is 60.7 Å². The molecule has 1 aromatic heterocycles. The predicted molar refractivity (Wildman–Crippen MR) is 124 cm³/mol. The molecule has 34 heavy (non-hydrogen) atoms. The van der Waals surface area contributed by atoms with Crippen molar-refractivity contribution >= 4 is 15.9 Å². The van der Waals surface area contributed by atoms with Crippen LogP contribution in [-0.2, 0) is 14.8 Å². The third-order valence-electron chi connectivity index (χ3n) is 5.49. The van der Waals surface area contributed by atoms with E-state index in [9.17, 15) is 13.2 Å². The molecule has 2 unspecified atom stereocenters. The SMILES string of the molecule is CC(NC(=O)C(NS(=O)(=O)c1ccc2c(c1)OCCO2)C(C)C)c1ccc(-n2cncn2)cc1. The number of benzene rings is 2. The average Bonchev–Trinajstić information content (AvgIpc) is 3.37. The summed E-state index contributed by atoms with van der Waals surface area (Å²) < 4.78 is 41.2. The molecule has 11 heteroatoms. The topological polar surface area (TPSA) is 124 Å². The normalized spacial score (nSPS) is 15.1. The lowest BCUT2D eigenvalue weighted by molar-refractivity contribution is -0.124. The molecule has 0 spiro atoms. The van der Waals surface area contributed by atoms with E-state index < -0.39 is 22.0 Å². The molecule has 0 bridgehead atoms. The molecule has 4 rings (SSSR count). The number of hydrogen-bond acceptors (Lipinski definition) is 7. The molecule has 2 atom stereocenters. The number of aromatic nitrogens is 3. The van der Waals surface area contributed by atoms with Gasteiger partial charge < -0.3 is 14.8 Å². The van der Waals surface area contributed by atoms with Gasteiger partial charge in [0.25, 0.3) is 0 Å². The quantitative estimate of drug-likeness (QED) is 0.501. The van der Waals surface area contributed by atoms with Crippen molar-refractivity contribution in [1.29, 1.82) is 0 Å². The van der Waals surface area contributed by atoms with Gasteiger partial charge in [-0.2, -0.15) is 9.82 Å². The first-order valence-corrected chi connectivity index (χ1v) is 12.4. The Morgan fingerprint density at radius 2 is 1.74 bits per heavy atom. The first-order chi connectivity index (χ1) is 16.2. The van der Waals surface area contributed by atoms with Crippen molar-refractivity contribution in [1.82, 2.24) is 24.8 Å². The van der Waals surface area contributed by atoms with Crippen LogP contribution in [0, 0.1) is 5.92 Å². The third kappa shape index (κ3) is 5.20. The van der Waals surface area contributed by atoms with Gasteiger partial charge in [-0.05, 0) is 42.7 Å². The Bertz CT molecular complexity index is 1240. The number of fused-ring (bicyclic) bond motifs is 1. The summed E-state index contributed by atoms with van der Waals surface area (Å²) in [5.41, 5.74) is 1.71. The second kappa shape index (κ2) is 9.82. The van der Waals surface area contributed by atoms with Gasteiger partial charge in [0, 0.05) is 6.07 Å². The lowest BCUT2D eigenvalue weighted by Gasteiger charge is -2.25. The van der Waals surface area contributed by atoms with E-state index in [-0.39, 0.29) is 16.9 Å². The monoisotopic (exact) mass is 485 g/mol. The van der Waals surface area contributed by atoms with Gasteiger partial charge in [-0.25, -0.2) is 18.1 Å². The molecule has 10 nitrogen and oxygen atoms in total. The summed E-state index contributed by atoms with van der Waals surface area (Å²) in [5, 5.41) is 7.00. The summed E-state index contributed by atoms with van der Waals surface area (Å²) in [7, 11) is -3.98. The number of carbonyl (C=O) groups is 1. The Kier molecular flexibility index (Phi) is 6.85. The van der Waals surface area contributed by atoms with E-state index >= 15 is 0 Å². The standard InChI is InChI=1S/C23H27N5O5S/c1-15(2)22(27-34(30,31)19-8-9-20-21(12-19)33-11-10-32-20)23(29)26-16(3)17-4-6-18(7-5-17)28-14-24-13-25-28/h4-9,12-16,22,27H,10-11H2,1-3H3,(H,26,29). The summed E-state index contributed by atoms with van der Waals surface area (Å²) in [6, 6.07) is 10.6. The number of hydrogen-bond donors (Lipinski definition) is 2. The lowest BCUT2D eigenvalue weighted by Crippen LogP contribution is -2.50. The van der Waals surface area contributed by atoms with Crippen molar-refractivity contribution < 1.29 is 22.7 Å². The van der Waals surface area contributed by atoms with E-state index in [2.05, 4.69) is 20.1 Å². The lowest BCUT2D eigenvalue weighted by atomic mass is 10.0. The third-order valence-corrected chi connectivity index (χ3v) is 6.93. The summed E-state index contributed by atoms with van der Waals surface area (Å²) in [6.07, 6.45) is 3.05. The van der Waals surface area contributed by atoms with E-state index in [4.69, 9.17) is 9.47 Å². The molecule has 180 valence electrons. The summed E-state index contributed by atoms with van der Waals surface area (Å²) in [5.74, 6) is 0.160. The van der Waals surface area contributed by atoms with Crippen LogP contribution in [0.5, 0.6) is 11.5 Å². The number of carbonyl (C=O) groups excluding carboxylic acids is 1. The number of rotatable bonds is 8. The van der Waals surface area contributed by atoms with Crippen LogP contribution in [0.15, 0.2) is 60.0 Å². The number of sulfonamides is 1. The first kappa shape index (κ1) is 23.7. The maximum Gasteiger partial charge on any atom is 0.241 e. The smallest absolute Gasteiger partial charge is 0.241 e. The Balaban J connectivity index is 1.46. The highest BCUT2D eigenvalue weighted by atomic mass is 32.2. The fourth-order valence-electron chi connectivity index (χ4n) is 3.56. The van der Waals surface area contributed by atoms with Gasteiger partial charge in [0.05, 0.1) is 16.6 Å². The van der Waals surface area contributed by atoms with E-state index in [1.807, 2.05) is 31.2 Å². The second-order valence-corrected chi connectivity index (χ2v) is 10.0. The minimum Gasteiger partial charge on any atom is -0.486 e. The summed E-state index contributed by atoms with van der Waals surface area (Å²) in [4.78, 5) is 17.0. The van der Waals surface area contributed by atoms with Crippen molar-refractivity contribution in [2.45, 2.75) is 37.8 Å². The maximum absolute atomic E-state index is 13.1. The molecule has 0 fully saturated rings. The zero-order valence-electron chi connectivity index (χ0n) is 19.1. The highest BCUT2D eigenvalue weighted by Gasteiger charge is 2.30. The molecule has 0 saturated heterocycles. The van der Waals surface area contributed by atoms with E-state index in [0.717, 1.165) is 11.3 Å². The Morgan fingerprint density at radius 1 is 1.03 bits per heavy atom. The fraction of sp³-hybridized carbons (Fsp3) is 0.348.